The van der Waals surface area contributed by atoms with E-state index in [1.54, 1.807) is 0 Å². The summed E-state index contributed by atoms with van der Waals surface area (Å²) in [5.41, 5.74) is 3.23. The predicted molar refractivity (Wildman–Crippen MR) is 112 cm³/mol. The molecule has 8 nitrogen and oxygen atoms in total. The van der Waals surface area contributed by atoms with Gasteiger partial charge in [0.15, 0.2) is 11.5 Å². The largest absolute Gasteiger partial charge is 0.445 e. The van der Waals surface area contributed by atoms with Gasteiger partial charge in [-0.15, -0.1) is 0 Å². The van der Waals surface area contributed by atoms with E-state index in [9.17, 15) is 14.4 Å². The van der Waals surface area contributed by atoms with E-state index in [4.69, 9.17) is 21.2 Å². The SMILES string of the molecule is C=C(CNC(=O)OCc1ccccc1)/C(=N\OC)C(=Nc1ccc(F)c(Cl)c1)NO. The average molecular weight is 435 g/mol. The Morgan fingerprint density at radius 3 is 2.63 bits per heavy atom. The summed E-state index contributed by atoms with van der Waals surface area (Å²) in [5.74, 6) is -0.758. The molecule has 0 unspecified atom stereocenters. The van der Waals surface area contributed by atoms with Crippen LogP contribution in [0.4, 0.5) is 14.9 Å². The minimum atomic E-state index is -0.669. The highest BCUT2D eigenvalue weighted by Crippen LogP contribution is 2.21. The second-order valence-electron chi connectivity index (χ2n) is 5.81. The second kappa shape index (κ2) is 11.5. The molecule has 0 aliphatic rings. The third kappa shape index (κ3) is 6.87. The van der Waals surface area contributed by atoms with E-state index in [0.29, 0.717) is 0 Å². The van der Waals surface area contributed by atoms with Crippen molar-refractivity contribution < 1.29 is 24.0 Å². The first kappa shape index (κ1) is 22.9. The van der Waals surface area contributed by atoms with Crippen LogP contribution < -0.4 is 10.8 Å². The van der Waals surface area contributed by atoms with Crippen molar-refractivity contribution >= 4 is 34.9 Å². The van der Waals surface area contributed by atoms with Gasteiger partial charge < -0.3 is 14.9 Å². The van der Waals surface area contributed by atoms with Gasteiger partial charge >= 0.3 is 6.09 Å². The van der Waals surface area contributed by atoms with Gasteiger partial charge in [-0.3, -0.25) is 10.7 Å². The molecular formula is C20H20ClFN4O4. The van der Waals surface area contributed by atoms with Crippen molar-refractivity contribution in [2.75, 3.05) is 13.7 Å². The number of alkyl carbamates (subject to hydrolysis) is 1. The van der Waals surface area contributed by atoms with Crippen LogP contribution in [-0.2, 0) is 16.2 Å². The Kier molecular flexibility index (Phi) is 8.79. The normalized spacial score (nSPS) is 11.6. The minimum Gasteiger partial charge on any atom is -0.445 e. The minimum absolute atomic E-state index is 0.0174. The number of hydroxylamine groups is 1. The van der Waals surface area contributed by atoms with E-state index >= 15 is 0 Å². The fourth-order valence-electron chi connectivity index (χ4n) is 2.22. The van der Waals surface area contributed by atoms with E-state index in [-0.39, 0.29) is 41.0 Å². The van der Waals surface area contributed by atoms with E-state index in [0.717, 1.165) is 11.6 Å². The van der Waals surface area contributed by atoms with E-state index in [1.807, 2.05) is 35.8 Å². The van der Waals surface area contributed by atoms with E-state index < -0.39 is 11.9 Å². The molecule has 0 aromatic heterocycles. The van der Waals surface area contributed by atoms with Crippen LogP contribution in [0.1, 0.15) is 5.56 Å². The molecule has 1 amide bonds. The number of hydrogen-bond acceptors (Lipinski definition) is 6. The van der Waals surface area contributed by atoms with E-state index in [1.165, 1.54) is 19.2 Å². The lowest BCUT2D eigenvalue weighted by Gasteiger charge is -2.12. The number of halogens is 2. The summed E-state index contributed by atoms with van der Waals surface area (Å²) in [6.45, 7) is 3.84. The summed E-state index contributed by atoms with van der Waals surface area (Å²) in [4.78, 5) is 20.8. The molecule has 3 N–H and O–H groups in total. The first-order chi connectivity index (χ1) is 14.4. The van der Waals surface area contributed by atoms with Gasteiger partial charge in [0.05, 0.1) is 10.7 Å². The van der Waals surface area contributed by atoms with Gasteiger partial charge in [0.25, 0.3) is 0 Å². The number of ether oxygens (including phenoxy) is 1. The van der Waals surface area contributed by atoms with Crippen molar-refractivity contribution in [3.8, 4) is 0 Å². The summed E-state index contributed by atoms with van der Waals surface area (Å²) in [7, 11) is 1.29. The van der Waals surface area contributed by atoms with Crippen molar-refractivity contribution in [3.63, 3.8) is 0 Å². The molecule has 0 atom stereocenters. The van der Waals surface area contributed by atoms with Crippen LogP contribution in [-0.4, -0.2) is 36.5 Å². The Bertz CT molecular complexity index is 951. The fraction of sp³-hybridized carbons (Fsp3) is 0.150. The zero-order valence-electron chi connectivity index (χ0n) is 16.1. The predicted octanol–water partition coefficient (Wildman–Crippen LogP) is 3.97. The van der Waals surface area contributed by atoms with Crippen LogP contribution in [0.2, 0.25) is 5.02 Å². The van der Waals surface area contributed by atoms with Crippen molar-refractivity contribution in [2.45, 2.75) is 6.61 Å². The third-order valence-corrected chi connectivity index (χ3v) is 3.94. The summed E-state index contributed by atoms with van der Waals surface area (Å²) in [6, 6.07) is 12.9. The highest BCUT2D eigenvalue weighted by Gasteiger charge is 2.16. The lowest BCUT2D eigenvalue weighted by atomic mass is 10.1. The molecule has 0 heterocycles. The molecule has 2 rings (SSSR count). The zero-order valence-corrected chi connectivity index (χ0v) is 16.8. The topological polar surface area (TPSA) is 105 Å². The average Bonchev–Trinajstić information content (AvgIpc) is 2.76. The summed E-state index contributed by atoms with van der Waals surface area (Å²) >= 11 is 5.74. The zero-order chi connectivity index (χ0) is 21.9. The number of amides is 1. The van der Waals surface area contributed by atoms with Gasteiger partial charge in [-0.1, -0.05) is 53.7 Å². The van der Waals surface area contributed by atoms with Gasteiger partial charge in [0, 0.05) is 6.54 Å². The van der Waals surface area contributed by atoms with Gasteiger partial charge in [-0.2, -0.15) is 0 Å². The van der Waals surface area contributed by atoms with E-state index in [2.05, 4.69) is 22.0 Å². The number of hydrogen-bond donors (Lipinski definition) is 3. The first-order valence-corrected chi connectivity index (χ1v) is 9.00. The molecule has 0 saturated heterocycles. The molecule has 2 aromatic rings. The van der Waals surface area contributed by atoms with Gasteiger partial charge in [0.1, 0.15) is 19.5 Å². The molecule has 10 heteroatoms. The van der Waals surface area contributed by atoms with Crippen LogP contribution in [0.3, 0.4) is 0 Å². The molecule has 0 spiro atoms. The molecule has 2 aromatic carbocycles. The van der Waals surface area contributed by atoms with Crippen LogP contribution in [0.5, 0.6) is 0 Å². The molecule has 30 heavy (non-hydrogen) atoms. The lowest BCUT2D eigenvalue weighted by molar-refractivity contribution is 0.140. The second-order valence-corrected chi connectivity index (χ2v) is 6.22. The lowest BCUT2D eigenvalue weighted by Crippen LogP contribution is -2.35. The number of amidine groups is 1. The van der Waals surface area contributed by atoms with Crippen molar-refractivity contribution in [1.82, 2.24) is 10.8 Å². The molecular weight excluding hydrogens is 415 g/mol. The maximum atomic E-state index is 13.3. The molecule has 0 radical (unpaired) electrons. The Morgan fingerprint density at radius 1 is 1.27 bits per heavy atom. The molecule has 0 fully saturated rings. The summed E-state index contributed by atoms with van der Waals surface area (Å²) in [6.07, 6.45) is -0.669. The highest BCUT2D eigenvalue weighted by molar-refractivity contribution is 6.47. The standard InChI is InChI=1S/C20H20ClFN4O4/c1-13(11-23-20(27)30-12-14-6-4-3-5-7-14)18(26-29-2)19(25-28)24-15-8-9-17(22)16(21)10-15/h3-10,28H,1,11-12H2,2H3,(H,23,27)(H,24,25)/b26-18+. The monoisotopic (exact) mass is 434 g/mol. The molecule has 158 valence electrons. The Hall–Kier alpha value is -3.43. The van der Waals surface area contributed by atoms with Crippen LogP contribution >= 0.6 is 11.6 Å². The summed E-state index contributed by atoms with van der Waals surface area (Å²) < 4.78 is 18.4. The van der Waals surface area contributed by atoms with Gasteiger partial charge in [-0.25, -0.2) is 14.2 Å². The van der Waals surface area contributed by atoms with Gasteiger partial charge in [-0.05, 0) is 29.3 Å². The number of aliphatic imine (C=N–C) groups is 1. The van der Waals surface area contributed by atoms with Crippen molar-refractivity contribution in [2.24, 2.45) is 10.1 Å². The van der Waals surface area contributed by atoms with Crippen LogP contribution in [0.15, 0.2) is 70.8 Å². The Labute approximate surface area is 177 Å². The smallest absolute Gasteiger partial charge is 0.407 e. The molecule has 0 aliphatic heterocycles. The number of rotatable bonds is 8. The third-order valence-electron chi connectivity index (χ3n) is 3.65. The Morgan fingerprint density at radius 2 is 2.00 bits per heavy atom. The molecule has 0 bridgehead atoms. The number of benzene rings is 2. The molecule has 0 aliphatic carbocycles. The maximum absolute atomic E-state index is 13.3. The number of carbonyl (C=O) groups is 1. The number of nitrogens with zero attached hydrogens (tertiary/aromatic N) is 2. The van der Waals surface area contributed by atoms with Crippen LogP contribution in [0, 0.1) is 5.82 Å². The summed E-state index contributed by atoms with van der Waals surface area (Å²) in [5, 5.41) is 15.6. The molecule has 0 saturated carbocycles. The van der Waals surface area contributed by atoms with Gasteiger partial charge in [0.2, 0.25) is 0 Å². The Balaban J connectivity index is 2.03. The quantitative estimate of drug-likeness (QED) is 0.331. The number of nitrogens with one attached hydrogen (secondary N) is 2. The first-order valence-electron chi connectivity index (χ1n) is 8.62. The number of oxime groups is 1. The highest BCUT2D eigenvalue weighted by atomic mass is 35.5. The fourth-order valence-corrected chi connectivity index (χ4v) is 2.39. The van der Waals surface area contributed by atoms with Crippen molar-refractivity contribution in [3.05, 3.63) is 77.1 Å². The number of carbonyl (C=O) groups excluding carboxylic acids is 1. The van der Waals surface area contributed by atoms with Crippen molar-refractivity contribution in [1.29, 1.82) is 0 Å². The maximum Gasteiger partial charge on any atom is 0.407 e. The van der Waals surface area contributed by atoms with Crippen LogP contribution in [0.25, 0.3) is 0 Å².